The lowest BCUT2D eigenvalue weighted by atomic mass is 10.1. The number of fused-ring (bicyclic) bond motifs is 1. The summed E-state index contributed by atoms with van der Waals surface area (Å²) in [6.45, 7) is 0. The van der Waals surface area contributed by atoms with Gasteiger partial charge in [-0.05, 0) is 12.1 Å². The maximum Gasteiger partial charge on any atom is 0.364 e. The Morgan fingerprint density at radius 1 is 1.00 bits per heavy atom. The predicted molar refractivity (Wildman–Crippen MR) is 80.1 cm³/mol. The molecule has 0 spiro atoms. The fourth-order valence-electron chi connectivity index (χ4n) is 2.22. The van der Waals surface area contributed by atoms with Crippen LogP contribution in [0.3, 0.4) is 0 Å². The van der Waals surface area contributed by atoms with E-state index in [-0.39, 0.29) is 0 Å². The number of nitrogens with one attached hydrogen (secondary N) is 1. The minimum absolute atomic E-state index is 0.411. The summed E-state index contributed by atoms with van der Waals surface area (Å²) in [5.74, 6) is 0.434. The van der Waals surface area contributed by atoms with Crippen molar-refractivity contribution in [2.75, 3.05) is 0 Å². The SMILES string of the molecule is O=c1[nH]nc(-c2ccccc2)c2nc(-c3cccnc3)nn12. The van der Waals surface area contributed by atoms with Crippen LogP contribution in [0.4, 0.5) is 0 Å². The Balaban J connectivity index is 1.99. The first kappa shape index (κ1) is 12.4. The fraction of sp³-hybridized carbons (Fsp3) is 0. The molecule has 0 radical (unpaired) electrons. The lowest BCUT2D eigenvalue weighted by Gasteiger charge is -1.99. The highest BCUT2D eigenvalue weighted by atomic mass is 16.1. The van der Waals surface area contributed by atoms with Gasteiger partial charge in [0, 0.05) is 23.5 Å². The van der Waals surface area contributed by atoms with E-state index >= 15 is 0 Å². The third kappa shape index (κ3) is 1.96. The Labute approximate surface area is 124 Å². The van der Waals surface area contributed by atoms with Gasteiger partial charge in [0.1, 0.15) is 5.69 Å². The predicted octanol–water partition coefficient (Wildman–Crippen LogP) is 1.54. The van der Waals surface area contributed by atoms with Crippen LogP contribution in [0.15, 0.2) is 59.7 Å². The molecule has 22 heavy (non-hydrogen) atoms. The smallest absolute Gasteiger partial charge is 0.264 e. The van der Waals surface area contributed by atoms with Crippen molar-refractivity contribution < 1.29 is 0 Å². The van der Waals surface area contributed by atoms with Crippen LogP contribution < -0.4 is 5.69 Å². The van der Waals surface area contributed by atoms with E-state index in [1.165, 1.54) is 4.52 Å². The van der Waals surface area contributed by atoms with Crippen molar-refractivity contribution in [1.29, 1.82) is 0 Å². The van der Waals surface area contributed by atoms with Crippen LogP contribution in [0.1, 0.15) is 0 Å². The Hall–Kier alpha value is -3.35. The van der Waals surface area contributed by atoms with E-state index in [0.29, 0.717) is 17.2 Å². The molecule has 0 saturated carbocycles. The number of hydrogen-bond donors (Lipinski definition) is 1. The van der Waals surface area contributed by atoms with Crippen molar-refractivity contribution in [1.82, 2.24) is 29.8 Å². The summed E-state index contributed by atoms with van der Waals surface area (Å²) < 4.78 is 1.22. The zero-order valence-corrected chi connectivity index (χ0v) is 11.3. The molecule has 0 aliphatic rings. The van der Waals surface area contributed by atoms with E-state index in [4.69, 9.17) is 0 Å². The molecule has 0 atom stereocenters. The van der Waals surface area contributed by atoms with Gasteiger partial charge in [-0.3, -0.25) is 4.98 Å². The molecule has 0 saturated heterocycles. The van der Waals surface area contributed by atoms with Crippen molar-refractivity contribution >= 4 is 5.65 Å². The number of nitrogens with zero attached hydrogens (tertiary/aromatic N) is 5. The zero-order valence-electron chi connectivity index (χ0n) is 11.3. The Morgan fingerprint density at radius 3 is 2.59 bits per heavy atom. The summed E-state index contributed by atoms with van der Waals surface area (Å²) in [7, 11) is 0. The summed E-state index contributed by atoms with van der Waals surface area (Å²) in [5, 5.41) is 10.8. The summed E-state index contributed by atoms with van der Waals surface area (Å²) in [4.78, 5) is 20.4. The van der Waals surface area contributed by atoms with E-state index in [9.17, 15) is 4.79 Å². The molecule has 7 heteroatoms. The number of hydrogen-bond acceptors (Lipinski definition) is 5. The van der Waals surface area contributed by atoms with Gasteiger partial charge in [-0.1, -0.05) is 30.3 Å². The lowest BCUT2D eigenvalue weighted by molar-refractivity contribution is 0.815. The molecule has 0 aliphatic carbocycles. The van der Waals surface area contributed by atoms with Gasteiger partial charge in [0.05, 0.1) is 0 Å². The molecule has 106 valence electrons. The van der Waals surface area contributed by atoms with Crippen molar-refractivity contribution in [3.05, 3.63) is 65.3 Å². The monoisotopic (exact) mass is 290 g/mol. The van der Waals surface area contributed by atoms with Gasteiger partial charge in [-0.25, -0.2) is 14.9 Å². The van der Waals surface area contributed by atoms with Crippen molar-refractivity contribution in [2.45, 2.75) is 0 Å². The van der Waals surface area contributed by atoms with Crippen LogP contribution in [0.5, 0.6) is 0 Å². The van der Waals surface area contributed by atoms with Crippen LogP contribution in [0.2, 0.25) is 0 Å². The highest BCUT2D eigenvalue weighted by molar-refractivity contribution is 5.74. The van der Waals surface area contributed by atoms with Crippen molar-refractivity contribution in [3.8, 4) is 22.6 Å². The fourth-order valence-corrected chi connectivity index (χ4v) is 2.22. The van der Waals surface area contributed by atoms with Gasteiger partial charge in [0.25, 0.3) is 0 Å². The van der Waals surface area contributed by atoms with Gasteiger partial charge < -0.3 is 0 Å². The van der Waals surface area contributed by atoms with Gasteiger partial charge in [-0.2, -0.15) is 9.61 Å². The Morgan fingerprint density at radius 2 is 1.82 bits per heavy atom. The highest BCUT2D eigenvalue weighted by Crippen LogP contribution is 2.21. The van der Waals surface area contributed by atoms with Crippen LogP contribution in [0, 0.1) is 0 Å². The minimum atomic E-state index is -0.433. The first-order valence-electron chi connectivity index (χ1n) is 6.64. The molecular formula is C15H10N6O. The summed E-state index contributed by atoms with van der Waals surface area (Å²) >= 11 is 0. The van der Waals surface area contributed by atoms with Crippen LogP contribution >= 0.6 is 0 Å². The molecule has 4 rings (SSSR count). The summed E-state index contributed by atoms with van der Waals surface area (Å²) in [6, 6.07) is 13.1. The lowest BCUT2D eigenvalue weighted by Crippen LogP contribution is -2.19. The number of aromatic nitrogens is 6. The average molecular weight is 290 g/mol. The highest BCUT2D eigenvalue weighted by Gasteiger charge is 2.14. The van der Waals surface area contributed by atoms with E-state index < -0.39 is 5.69 Å². The molecule has 0 unspecified atom stereocenters. The first-order valence-corrected chi connectivity index (χ1v) is 6.64. The Bertz CT molecular complexity index is 991. The van der Waals surface area contributed by atoms with Crippen molar-refractivity contribution in [2.24, 2.45) is 0 Å². The number of rotatable bonds is 2. The van der Waals surface area contributed by atoms with Crippen LogP contribution in [0.25, 0.3) is 28.3 Å². The normalized spacial score (nSPS) is 10.9. The van der Waals surface area contributed by atoms with Crippen LogP contribution in [-0.2, 0) is 0 Å². The number of aromatic amines is 1. The quantitative estimate of drug-likeness (QED) is 0.605. The second-order valence-corrected chi connectivity index (χ2v) is 4.66. The zero-order chi connectivity index (χ0) is 14.9. The standard InChI is InChI=1S/C15H10N6O/c22-15-19-18-12(10-5-2-1-3-6-10)14-17-13(20-21(14)15)11-7-4-8-16-9-11/h1-9H,(H,19,22). The maximum absolute atomic E-state index is 11.9. The minimum Gasteiger partial charge on any atom is -0.264 e. The molecule has 7 nitrogen and oxygen atoms in total. The summed E-state index contributed by atoms with van der Waals surface area (Å²) in [5.41, 5.74) is 2.15. The molecule has 0 amide bonds. The van der Waals surface area contributed by atoms with Gasteiger partial charge in [0.2, 0.25) is 0 Å². The molecule has 3 heterocycles. The van der Waals surface area contributed by atoms with E-state index in [0.717, 1.165) is 11.1 Å². The third-order valence-electron chi connectivity index (χ3n) is 3.24. The first-order chi connectivity index (χ1) is 10.8. The molecule has 0 bridgehead atoms. The topological polar surface area (TPSA) is 88.8 Å². The summed E-state index contributed by atoms with van der Waals surface area (Å²) in [6.07, 6.45) is 3.32. The average Bonchev–Trinajstić information content (AvgIpc) is 3.03. The molecule has 1 N–H and O–H groups in total. The van der Waals surface area contributed by atoms with Gasteiger partial charge in [0.15, 0.2) is 11.5 Å². The molecule has 4 aromatic rings. The number of pyridine rings is 1. The number of H-pyrrole nitrogens is 1. The van der Waals surface area contributed by atoms with Gasteiger partial charge in [-0.15, -0.1) is 5.10 Å². The van der Waals surface area contributed by atoms with E-state index in [1.807, 2.05) is 36.4 Å². The second kappa shape index (κ2) is 4.88. The molecular weight excluding hydrogens is 280 g/mol. The third-order valence-corrected chi connectivity index (χ3v) is 3.24. The second-order valence-electron chi connectivity index (χ2n) is 4.66. The number of benzene rings is 1. The Kier molecular flexibility index (Phi) is 2.75. The van der Waals surface area contributed by atoms with E-state index in [2.05, 4.69) is 25.3 Å². The van der Waals surface area contributed by atoms with Crippen molar-refractivity contribution in [3.63, 3.8) is 0 Å². The molecule has 0 aliphatic heterocycles. The molecule has 3 aromatic heterocycles. The van der Waals surface area contributed by atoms with E-state index in [1.54, 1.807) is 18.5 Å². The van der Waals surface area contributed by atoms with Crippen LogP contribution in [-0.4, -0.2) is 29.8 Å². The molecule has 1 aromatic carbocycles. The maximum atomic E-state index is 11.9. The molecule has 0 fully saturated rings. The largest absolute Gasteiger partial charge is 0.364 e. The van der Waals surface area contributed by atoms with Gasteiger partial charge >= 0.3 is 5.69 Å².